The minimum absolute atomic E-state index is 0.646. The van der Waals surface area contributed by atoms with Crippen molar-refractivity contribution in [1.29, 1.82) is 0 Å². The SMILES string of the molecule is C=C=NC1C2CCC21. The molecule has 0 aromatic carbocycles. The number of aliphatic imine (C=N–C) groups is 1. The van der Waals surface area contributed by atoms with Crippen LogP contribution in [0.5, 0.6) is 0 Å². The summed E-state index contributed by atoms with van der Waals surface area (Å²) >= 11 is 0. The topological polar surface area (TPSA) is 12.4 Å². The predicted molar refractivity (Wildman–Crippen MR) is 33.1 cm³/mol. The zero-order valence-electron chi connectivity index (χ0n) is 4.80. The van der Waals surface area contributed by atoms with Crippen molar-refractivity contribution < 1.29 is 0 Å². The number of rotatable bonds is 1. The van der Waals surface area contributed by atoms with Crippen LogP contribution in [0.2, 0.25) is 0 Å². The Balaban J connectivity index is 2.04. The van der Waals surface area contributed by atoms with Gasteiger partial charge in [0.1, 0.15) is 0 Å². The summed E-state index contributed by atoms with van der Waals surface area (Å²) in [6.45, 7) is 3.45. The molecule has 2 atom stereocenters. The third-order valence-electron chi connectivity index (χ3n) is 2.36. The Morgan fingerprint density at radius 2 is 2.00 bits per heavy atom. The van der Waals surface area contributed by atoms with Crippen LogP contribution >= 0.6 is 0 Å². The Hall–Kier alpha value is -0.550. The molecule has 2 aliphatic rings. The van der Waals surface area contributed by atoms with E-state index in [-0.39, 0.29) is 0 Å². The Morgan fingerprint density at radius 3 is 2.38 bits per heavy atom. The fourth-order valence-corrected chi connectivity index (χ4v) is 1.61. The zero-order chi connectivity index (χ0) is 5.56. The van der Waals surface area contributed by atoms with Crippen molar-refractivity contribution in [1.82, 2.24) is 0 Å². The van der Waals surface area contributed by atoms with Crippen LogP contribution in [0, 0.1) is 11.8 Å². The molecule has 0 saturated heterocycles. The van der Waals surface area contributed by atoms with Crippen LogP contribution in [0.15, 0.2) is 11.6 Å². The highest BCUT2D eigenvalue weighted by Crippen LogP contribution is 2.57. The maximum Gasteiger partial charge on any atom is 0.0656 e. The van der Waals surface area contributed by atoms with Crippen molar-refractivity contribution in [3.63, 3.8) is 0 Å². The Labute approximate surface area is 49.1 Å². The summed E-state index contributed by atoms with van der Waals surface area (Å²) < 4.78 is 0. The molecular formula is C7H9N. The minimum atomic E-state index is 0.646. The number of nitrogens with zero attached hydrogens (tertiary/aromatic N) is 1. The van der Waals surface area contributed by atoms with Gasteiger partial charge < -0.3 is 0 Å². The molecule has 2 saturated carbocycles. The lowest BCUT2D eigenvalue weighted by atomic mass is 10.0. The van der Waals surface area contributed by atoms with E-state index in [1.54, 1.807) is 0 Å². The van der Waals surface area contributed by atoms with E-state index in [0.29, 0.717) is 6.04 Å². The second-order valence-electron chi connectivity index (χ2n) is 2.68. The molecule has 1 heteroatoms. The molecule has 0 N–H and O–H groups in total. The van der Waals surface area contributed by atoms with Gasteiger partial charge in [-0.25, -0.2) is 4.99 Å². The first kappa shape index (κ1) is 4.34. The molecule has 2 rings (SSSR count). The molecule has 0 heterocycles. The molecule has 1 nitrogen and oxygen atoms in total. The van der Waals surface area contributed by atoms with Gasteiger partial charge in [-0.15, -0.1) is 0 Å². The summed E-state index contributed by atoms with van der Waals surface area (Å²) in [5.74, 6) is 4.50. The van der Waals surface area contributed by atoms with Gasteiger partial charge in [-0.1, -0.05) is 0 Å². The lowest BCUT2D eigenvalue weighted by Gasteiger charge is -2.03. The first-order valence-corrected chi connectivity index (χ1v) is 3.15. The molecule has 0 spiro atoms. The molecular weight excluding hydrogens is 98.1 g/mol. The van der Waals surface area contributed by atoms with Crippen molar-refractivity contribution in [2.45, 2.75) is 18.9 Å². The highest BCUT2D eigenvalue weighted by molar-refractivity contribution is 5.48. The van der Waals surface area contributed by atoms with Crippen LogP contribution in [0.25, 0.3) is 0 Å². The molecule has 0 aliphatic heterocycles. The lowest BCUT2D eigenvalue weighted by molar-refractivity contribution is 0.468. The van der Waals surface area contributed by atoms with Gasteiger partial charge in [0.25, 0.3) is 0 Å². The van der Waals surface area contributed by atoms with Crippen LogP contribution in [0.3, 0.4) is 0 Å². The zero-order valence-corrected chi connectivity index (χ0v) is 4.80. The van der Waals surface area contributed by atoms with Crippen LogP contribution in [0.1, 0.15) is 12.8 Å². The molecule has 0 bridgehead atoms. The highest BCUT2D eigenvalue weighted by Gasteiger charge is 2.56. The minimum Gasteiger partial charge on any atom is -0.240 e. The summed E-state index contributed by atoms with van der Waals surface area (Å²) in [6.07, 6.45) is 2.81. The normalized spacial score (nSPS) is 48.2. The molecule has 0 radical (unpaired) electrons. The van der Waals surface area contributed by atoms with E-state index in [2.05, 4.69) is 17.4 Å². The highest BCUT2D eigenvalue weighted by atomic mass is 14.9. The van der Waals surface area contributed by atoms with E-state index in [1.165, 1.54) is 12.8 Å². The maximum absolute atomic E-state index is 4.10. The van der Waals surface area contributed by atoms with E-state index >= 15 is 0 Å². The fourth-order valence-electron chi connectivity index (χ4n) is 1.61. The third kappa shape index (κ3) is 0.354. The van der Waals surface area contributed by atoms with Crippen molar-refractivity contribution in [2.75, 3.05) is 0 Å². The van der Waals surface area contributed by atoms with Crippen molar-refractivity contribution in [3.05, 3.63) is 6.58 Å². The number of hydrogen-bond donors (Lipinski definition) is 0. The Morgan fingerprint density at radius 1 is 1.38 bits per heavy atom. The molecule has 2 aliphatic carbocycles. The molecule has 2 fully saturated rings. The average Bonchev–Trinajstić information content (AvgIpc) is 2.07. The Bertz CT molecular complexity index is 146. The van der Waals surface area contributed by atoms with Crippen LogP contribution in [0.4, 0.5) is 0 Å². The van der Waals surface area contributed by atoms with Crippen LogP contribution in [-0.4, -0.2) is 11.9 Å². The smallest absolute Gasteiger partial charge is 0.0656 e. The van der Waals surface area contributed by atoms with Gasteiger partial charge >= 0.3 is 0 Å². The molecule has 8 heavy (non-hydrogen) atoms. The maximum atomic E-state index is 4.10. The van der Waals surface area contributed by atoms with Crippen LogP contribution in [-0.2, 0) is 0 Å². The van der Waals surface area contributed by atoms with Crippen LogP contribution < -0.4 is 0 Å². The van der Waals surface area contributed by atoms with Crippen molar-refractivity contribution in [2.24, 2.45) is 16.8 Å². The summed E-state index contributed by atoms with van der Waals surface area (Å²) in [5.41, 5.74) is 0. The fraction of sp³-hybridized carbons (Fsp3) is 0.714. The second-order valence-corrected chi connectivity index (χ2v) is 2.68. The van der Waals surface area contributed by atoms with E-state index < -0.39 is 0 Å². The molecule has 42 valence electrons. The number of hydrogen-bond acceptors (Lipinski definition) is 1. The second kappa shape index (κ2) is 1.24. The number of fused-ring (bicyclic) bond motifs is 1. The standard InChI is InChI=1S/C7H9N/c1-2-8-7-5-3-4-6(5)7/h5-7H,1,3-4H2. The molecule has 0 amide bonds. The predicted octanol–water partition coefficient (Wildman–Crippen LogP) is 1.25. The van der Waals surface area contributed by atoms with Gasteiger partial charge in [0.15, 0.2) is 0 Å². The monoisotopic (exact) mass is 107 g/mol. The molecule has 0 aromatic heterocycles. The van der Waals surface area contributed by atoms with Gasteiger partial charge in [0, 0.05) is 0 Å². The van der Waals surface area contributed by atoms with Gasteiger partial charge in [-0.3, -0.25) is 0 Å². The van der Waals surface area contributed by atoms with E-state index in [1.807, 2.05) is 0 Å². The van der Waals surface area contributed by atoms with Gasteiger partial charge in [0.2, 0.25) is 0 Å². The van der Waals surface area contributed by atoms with Crippen molar-refractivity contribution >= 4 is 5.87 Å². The lowest BCUT2D eigenvalue weighted by Crippen LogP contribution is -1.93. The summed E-state index contributed by atoms with van der Waals surface area (Å²) in [7, 11) is 0. The van der Waals surface area contributed by atoms with E-state index in [0.717, 1.165) is 11.8 Å². The summed E-state index contributed by atoms with van der Waals surface area (Å²) in [5, 5.41) is 0. The molecule has 2 unspecified atom stereocenters. The Kier molecular flexibility index (Phi) is 0.671. The average molecular weight is 107 g/mol. The molecule has 0 aromatic rings. The van der Waals surface area contributed by atoms with E-state index in [4.69, 9.17) is 0 Å². The first-order valence-electron chi connectivity index (χ1n) is 3.15. The van der Waals surface area contributed by atoms with E-state index in [9.17, 15) is 0 Å². The van der Waals surface area contributed by atoms with Gasteiger partial charge in [-0.2, -0.15) is 0 Å². The summed E-state index contributed by atoms with van der Waals surface area (Å²) in [4.78, 5) is 4.10. The first-order chi connectivity index (χ1) is 3.93. The largest absolute Gasteiger partial charge is 0.240 e. The quantitative estimate of drug-likeness (QED) is 0.447. The third-order valence-corrected chi connectivity index (χ3v) is 2.36. The van der Waals surface area contributed by atoms with Crippen molar-refractivity contribution in [3.8, 4) is 0 Å². The van der Waals surface area contributed by atoms with Gasteiger partial charge in [0.05, 0.1) is 6.04 Å². The summed E-state index contributed by atoms with van der Waals surface area (Å²) in [6, 6.07) is 0.646. The van der Waals surface area contributed by atoms with Gasteiger partial charge in [-0.05, 0) is 37.1 Å².